The molecule has 0 saturated heterocycles. The third-order valence-corrected chi connectivity index (χ3v) is 5.09. The van der Waals surface area contributed by atoms with Gasteiger partial charge in [-0.1, -0.05) is 19.1 Å². The molecule has 0 aliphatic heterocycles. The van der Waals surface area contributed by atoms with Crippen molar-refractivity contribution in [2.24, 2.45) is 0 Å². The zero-order valence-corrected chi connectivity index (χ0v) is 13.0. The Morgan fingerprint density at radius 3 is 2.60 bits per heavy atom. The quantitative estimate of drug-likeness (QED) is 0.736. The first-order chi connectivity index (χ1) is 9.71. The van der Waals surface area contributed by atoms with Crippen molar-refractivity contribution >= 4 is 39.1 Å². The molecule has 0 radical (unpaired) electrons. The predicted molar refractivity (Wildman–Crippen MR) is 88.4 cm³/mol. The Kier molecular flexibility index (Phi) is 3.63. The minimum atomic E-state index is 0.565. The number of hydrogen-bond donors (Lipinski definition) is 1. The molecule has 0 saturated carbocycles. The average Bonchev–Trinajstić information content (AvgIpc) is 2.91. The van der Waals surface area contributed by atoms with Crippen LogP contribution in [0.5, 0.6) is 0 Å². The summed E-state index contributed by atoms with van der Waals surface area (Å²) in [5.74, 6) is 1.27. The first-order valence-electron chi connectivity index (χ1n) is 6.41. The molecule has 2 N–H and O–H groups in total. The van der Waals surface area contributed by atoms with Crippen LogP contribution in [0.15, 0.2) is 35.2 Å². The van der Waals surface area contributed by atoms with E-state index in [1.807, 2.05) is 12.1 Å². The topological polar surface area (TPSA) is 51.8 Å². The maximum Gasteiger partial charge on any atom is 0.163 e. The Morgan fingerprint density at radius 1 is 1.20 bits per heavy atom. The second-order valence-corrected chi connectivity index (χ2v) is 6.44. The van der Waals surface area contributed by atoms with E-state index >= 15 is 0 Å². The average molecular weight is 301 g/mol. The monoisotopic (exact) mass is 301 g/mol. The lowest BCUT2D eigenvalue weighted by atomic mass is 10.2. The number of benzene rings is 1. The summed E-state index contributed by atoms with van der Waals surface area (Å²) < 4.78 is 0. The number of thioether (sulfide) groups is 1. The van der Waals surface area contributed by atoms with Gasteiger partial charge in [0.15, 0.2) is 5.82 Å². The maximum absolute atomic E-state index is 6.07. The highest BCUT2D eigenvalue weighted by Crippen LogP contribution is 2.30. The van der Waals surface area contributed by atoms with Gasteiger partial charge in [-0.2, -0.15) is 0 Å². The molecule has 0 spiro atoms. The van der Waals surface area contributed by atoms with Gasteiger partial charge in [0.05, 0.1) is 5.39 Å². The maximum atomic E-state index is 6.07. The molecule has 102 valence electrons. The molecule has 20 heavy (non-hydrogen) atoms. The summed E-state index contributed by atoms with van der Waals surface area (Å²) in [5, 5.41) is 0.969. The van der Waals surface area contributed by atoms with Crippen LogP contribution in [0.25, 0.3) is 21.6 Å². The van der Waals surface area contributed by atoms with Crippen LogP contribution in [0.4, 0.5) is 5.82 Å². The van der Waals surface area contributed by atoms with Gasteiger partial charge < -0.3 is 5.73 Å². The van der Waals surface area contributed by atoms with Gasteiger partial charge >= 0.3 is 0 Å². The number of aromatic nitrogens is 2. The first-order valence-corrected chi connectivity index (χ1v) is 8.45. The Hall–Kier alpha value is -1.59. The Balaban J connectivity index is 2.10. The van der Waals surface area contributed by atoms with E-state index in [-0.39, 0.29) is 0 Å². The van der Waals surface area contributed by atoms with Crippen molar-refractivity contribution in [2.45, 2.75) is 18.2 Å². The number of fused-ring (bicyclic) bond motifs is 1. The van der Waals surface area contributed by atoms with E-state index in [9.17, 15) is 0 Å². The number of nitrogen functional groups attached to an aromatic ring is 1. The highest BCUT2D eigenvalue weighted by atomic mass is 32.2. The highest BCUT2D eigenvalue weighted by molar-refractivity contribution is 7.98. The van der Waals surface area contributed by atoms with E-state index in [4.69, 9.17) is 5.73 Å². The van der Waals surface area contributed by atoms with Crippen molar-refractivity contribution in [3.63, 3.8) is 0 Å². The van der Waals surface area contributed by atoms with Crippen molar-refractivity contribution in [1.82, 2.24) is 9.97 Å². The van der Waals surface area contributed by atoms with E-state index < -0.39 is 0 Å². The van der Waals surface area contributed by atoms with Gasteiger partial charge in [0.25, 0.3) is 0 Å². The number of nitrogens with two attached hydrogens (primary N) is 1. The lowest BCUT2D eigenvalue weighted by molar-refractivity contribution is 1.19. The van der Waals surface area contributed by atoms with Crippen LogP contribution < -0.4 is 5.73 Å². The minimum absolute atomic E-state index is 0.565. The van der Waals surface area contributed by atoms with Crippen molar-refractivity contribution in [1.29, 1.82) is 0 Å². The minimum Gasteiger partial charge on any atom is -0.383 e. The van der Waals surface area contributed by atoms with Crippen LogP contribution >= 0.6 is 23.1 Å². The van der Waals surface area contributed by atoms with Gasteiger partial charge in [0.1, 0.15) is 10.6 Å². The molecule has 3 nitrogen and oxygen atoms in total. The number of nitrogens with zero attached hydrogens (tertiary/aromatic N) is 2. The molecule has 2 aromatic heterocycles. The van der Waals surface area contributed by atoms with Crippen molar-refractivity contribution in [3.05, 3.63) is 35.2 Å². The number of rotatable bonds is 3. The molecule has 1 aromatic carbocycles. The molecule has 2 heterocycles. The molecule has 3 rings (SSSR count). The van der Waals surface area contributed by atoms with E-state index in [2.05, 4.69) is 41.3 Å². The summed E-state index contributed by atoms with van der Waals surface area (Å²) in [6.07, 6.45) is 3.06. The Labute approximate surface area is 126 Å². The number of aryl methyl sites for hydroxylation is 1. The van der Waals surface area contributed by atoms with E-state index in [1.165, 1.54) is 9.77 Å². The van der Waals surface area contributed by atoms with Crippen LogP contribution in [-0.4, -0.2) is 16.2 Å². The van der Waals surface area contributed by atoms with E-state index in [1.54, 1.807) is 23.1 Å². The normalized spacial score (nSPS) is 11.1. The van der Waals surface area contributed by atoms with Gasteiger partial charge in [0, 0.05) is 15.3 Å². The summed E-state index contributed by atoms with van der Waals surface area (Å²) in [5.41, 5.74) is 7.07. The van der Waals surface area contributed by atoms with Gasteiger partial charge in [-0.05, 0) is 30.9 Å². The van der Waals surface area contributed by atoms with Crippen molar-refractivity contribution in [3.8, 4) is 11.4 Å². The molecule has 3 aromatic rings. The number of anilines is 1. The lowest BCUT2D eigenvalue weighted by Gasteiger charge is -2.03. The Morgan fingerprint density at radius 2 is 1.95 bits per heavy atom. The highest BCUT2D eigenvalue weighted by Gasteiger charge is 2.10. The zero-order chi connectivity index (χ0) is 14.1. The fourth-order valence-electron chi connectivity index (χ4n) is 2.04. The summed E-state index contributed by atoms with van der Waals surface area (Å²) in [6.45, 7) is 2.14. The lowest BCUT2D eigenvalue weighted by Crippen LogP contribution is -1.95. The molecular weight excluding hydrogens is 286 g/mol. The molecule has 0 aliphatic carbocycles. The van der Waals surface area contributed by atoms with Crippen LogP contribution in [0.2, 0.25) is 0 Å². The molecular formula is C15H15N3S2. The van der Waals surface area contributed by atoms with E-state index in [0.29, 0.717) is 11.6 Å². The second-order valence-electron chi connectivity index (χ2n) is 4.45. The van der Waals surface area contributed by atoms with Crippen LogP contribution in [0, 0.1) is 0 Å². The summed E-state index contributed by atoms with van der Waals surface area (Å²) in [4.78, 5) is 12.6. The van der Waals surface area contributed by atoms with Crippen LogP contribution in [0.3, 0.4) is 0 Å². The standard InChI is InChI=1S/C15H15N3S2/c1-3-10-8-12-13(16)17-14(18-15(12)20-10)9-4-6-11(19-2)7-5-9/h4-8H,3H2,1-2H3,(H2,16,17,18). The summed E-state index contributed by atoms with van der Waals surface area (Å²) in [6, 6.07) is 10.3. The molecule has 0 unspecified atom stereocenters. The van der Waals surface area contributed by atoms with Crippen LogP contribution in [0.1, 0.15) is 11.8 Å². The third-order valence-electron chi connectivity index (χ3n) is 3.17. The summed E-state index contributed by atoms with van der Waals surface area (Å²) >= 11 is 3.41. The fraction of sp³-hybridized carbons (Fsp3) is 0.200. The Bertz CT molecular complexity index is 748. The van der Waals surface area contributed by atoms with Gasteiger partial charge in [-0.3, -0.25) is 0 Å². The fourth-order valence-corrected chi connectivity index (χ4v) is 3.42. The molecule has 0 atom stereocenters. The van der Waals surface area contributed by atoms with Crippen molar-refractivity contribution < 1.29 is 0 Å². The molecule has 0 amide bonds. The van der Waals surface area contributed by atoms with Gasteiger partial charge in [-0.15, -0.1) is 23.1 Å². The first kappa shape index (κ1) is 13.4. The molecule has 5 heteroatoms. The number of thiophene rings is 1. The third kappa shape index (κ3) is 2.39. The molecule has 0 bridgehead atoms. The van der Waals surface area contributed by atoms with Gasteiger partial charge in [-0.25, -0.2) is 9.97 Å². The second kappa shape index (κ2) is 5.42. The SMILES string of the molecule is CCc1cc2c(N)nc(-c3ccc(SC)cc3)nc2s1. The smallest absolute Gasteiger partial charge is 0.163 e. The van der Waals surface area contributed by atoms with Crippen LogP contribution in [-0.2, 0) is 6.42 Å². The number of hydrogen-bond acceptors (Lipinski definition) is 5. The molecule has 0 fully saturated rings. The summed E-state index contributed by atoms with van der Waals surface area (Å²) in [7, 11) is 0. The molecule has 0 aliphatic rings. The largest absolute Gasteiger partial charge is 0.383 e. The van der Waals surface area contributed by atoms with E-state index in [0.717, 1.165) is 22.2 Å². The predicted octanol–water partition coefficient (Wildman–Crippen LogP) is 4.22. The van der Waals surface area contributed by atoms with Crippen molar-refractivity contribution in [2.75, 3.05) is 12.0 Å². The van der Waals surface area contributed by atoms with Gasteiger partial charge in [0.2, 0.25) is 0 Å². The zero-order valence-electron chi connectivity index (χ0n) is 11.4.